The normalized spacial score (nSPS) is 18.2. The van der Waals surface area contributed by atoms with E-state index >= 15 is 0 Å². The average molecular weight is 595 g/mol. The Labute approximate surface area is 250 Å². The zero-order chi connectivity index (χ0) is 30.7. The van der Waals surface area contributed by atoms with Crippen LogP contribution >= 0.6 is 0 Å². The molecule has 0 aliphatic heterocycles. The van der Waals surface area contributed by atoms with E-state index in [2.05, 4.69) is 38.9 Å². The summed E-state index contributed by atoms with van der Waals surface area (Å²) < 4.78 is 42.6. The number of halogens is 3. The van der Waals surface area contributed by atoms with E-state index in [4.69, 9.17) is 6.57 Å². The van der Waals surface area contributed by atoms with Crippen molar-refractivity contribution in [2.24, 2.45) is 18.9 Å². The number of carbonyl (C=O) groups is 1. The molecule has 1 fully saturated rings. The summed E-state index contributed by atoms with van der Waals surface area (Å²) in [5.74, 6) is -0.187. The highest BCUT2D eigenvalue weighted by Gasteiger charge is 2.32. The van der Waals surface area contributed by atoms with Gasteiger partial charge in [-0.15, -0.1) is 5.10 Å². The van der Waals surface area contributed by atoms with Crippen LogP contribution in [0.15, 0.2) is 36.7 Å². The van der Waals surface area contributed by atoms with Gasteiger partial charge in [0.25, 0.3) is 0 Å². The standard InChI is InChI=1S/C32H37F3N6O2/c1-4-40(17-21-8-10-23(11-9-21)30(42)43)29-15-25-7-5-6-24(25)14-26(29)19-41(31-37-20-39(3)38-31)18-22-12-27(32(33,34)35)16-28(13-22)36-2/h12-16,20-21,23H,4-11,17-19H2,1,3H3,(H,42,43)/t21-,23-. The molecule has 2 aliphatic carbocycles. The van der Waals surface area contributed by atoms with Crippen molar-refractivity contribution in [3.8, 4) is 0 Å². The summed E-state index contributed by atoms with van der Waals surface area (Å²) in [5, 5.41) is 13.9. The summed E-state index contributed by atoms with van der Waals surface area (Å²) in [6.07, 6.45) is 3.20. The van der Waals surface area contributed by atoms with Crippen molar-refractivity contribution >= 4 is 23.3 Å². The Balaban J connectivity index is 1.48. The molecule has 3 aromatic rings. The van der Waals surface area contributed by atoms with Gasteiger partial charge < -0.3 is 14.9 Å². The van der Waals surface area contributed by atoms with Crippen LogP contribution in [0, 0.1) is 18.4 Å². The Bertz CT molecular complexity index is 1500. The summed E-state index contributed by atoms with van der Waals surface area (Å²) in [6, 6.07) is 7.97. The van der Waals surface area contributed by atoms with Gasteiger partial charge in [-0.3, -0.25) is 9.48 Å². The van der Waals surface area contributed by atoms with Crippen molar-refractivity contribution in [1.29, 1.82) is 0 Å². The molecule has 11 heteroatoms. The van der Waals surface area contributed by atoms with Gasteiger partial charge in [0.05, 0.1) is 12.5 Å². The lowest BCUT2D eigenvalue weighted by molar-refractivity contribution is -0.143. The molecule has 1 heterocycles. The molecule has 0 radical (unpaired) electrons. The molecule has 1 saturated carbocycles. The lowest BCUT2D eigenvalue weighted by Gasteiger charge is -2.34. The topological polar surface area (TPSA) is 78.9 Å². The summed E-state index contributed by atoms with van der Waals surface area (Å²) in [4.78, 5) is 23.4. The lowest BCUT2D eigenvalue weighted by Crippen LogP contribution is -2.34. The smallest absolute Gasteiger partial charge is 0.415 e. The Hall–Kier alpha value is -4.07. The van der Waals surface area contributed by atoms with Gasteiger partial charge >= 0.3 is 12.1 Å². The Morgan fingerprint density at radius 3 is 2.40 bits per heavy atom. The maximum absolute atomic E-state index is 13.7. The van der Waals surface area contributed by atoms with Crippen molar-refractivity contribution in [1.82, 2.24) is 14.8 Å². The van der Waals surface area contributed by atoms with Crippen molar-refractivity contribution in [2.45, 2.75) is 71.1 Å². The molecule has 8 nitrogen and oxygen atoms in total. The summed E-state index contributed by atoms with van der Waals surface area (Å²) in [7, 11) is 1.74. The molecule has 2 aromatic carbocycles. The van der Waals surface area contributed by atoms with Crippen LogP contribution in [-0.4, -0.2) is 38.9 Å². The van der Waals surface area contributed by atoms with Crippen LogP contribution in [0.2, 0.25) is 0 Å². The number of aryl methyl sites for hydroxylation is 3. The number of carboxylic acid groups (broad SMARTS) is 1. The van der Waals surface area contributed by atoms with Gasteiger partial charge in [0.2, 0.25) is 5.95 Å². The number of nitrogens with zero attached hydrogens (tertiary/aromatic N) is 6. The van der Waals surface area contributed by atoms with Crippen molar-refractivity contribution in [2.75, 3.05) is 22.9 Å². The van der Waals surface area contributed by atoms with E-state index in [1.54, 1.807) is 18.1 Å². The molecule has 0 bridgehead atoms. The minimum absolute atomic E-state index is 0.0632. The number of carboxylic acids is 1. The molecule has 0 unspecified atom stereocenters. The molecule has 1 aromatic heterocycles. The largest absolute Gasteiger partial charge is 0.481 e. The Morgan fingerprint density at radius 2 is 1.79 bits per heavy atom. The number of rotatable bonds is 10. The monoisotopic (exact) mass is 594 g/mol. The van der Waals surface area contributed by atoms with E-state index in [-0.39, 0.29) is 18.2 Å². The van der Waals surface area contributed by atoms with E-state index in [1.165, 1.54) is 17.2 Å². The SMILES string of the molecule is [C-]#[N+]c1cc(CN(Cc2cc3c(cc2N(CC)C[C@H]2CC[C@H](C(=O)O)CC2)CCC3)c2ncn(C)n2)cc(C(F)(F)F)c1. The van der Waals surface area contributed by atoms with Crippen molar-refractivity contribution in [3.63, 3.8) is 0 Å². The van der Waals surface area contributed by atoms with Gasteiger partial charge in [-0.25, -0.2) is 9.83 Å². The molecular formula is C32H37F3N6O2. The molecule has 0 amide bonds. The van der Waals surface area contributed by atoms with Gasteiger partial charge in [-0.1, -0.05) is 12.1 Å². The Kier molecular flexibility index (Phi) is 8.95. The van der Waals surface area contributed by atoms with E-state index < -0.39 is 17.7 Å². The molecular weight excluding hydrogens is 557 g/mol. The van der Waals surface area contributed by atoms with E-state index in [1.807, 2.05) is 4.90 Å². The summed E-state index contributed by atoms with van der Waals surface area (Å²) >= 11 is 0. The second kappa shape index (κ2) is 12.7. The highest BCUT2D eigenvalue weighted by atomic mass is 19.4. The minimum atomic E-state index is -4.57. The van der Waals surface area contributed by atoms with Crippen LogP contribution in [0.1, 0.15) is 66.8 Å². The summed E-state index contributed by atoms with van der Waals surface area (Å²) in [5.41, 5.74) is 4.21. The third-order valence-electron chi connectivity index (χ3n) is 8.73. The highest BCUT2D eigenvalue weighted by Crippen LogP contribution is 2.37. The fourth-order valence-electron chi connectivity index (χ4n) is 6.47. The molecule has 0 atom stereocenters. The third-order valence-corrected chi connectivity index (χ3v) is 8.73. The maximum atomic E-state index is 13.7. The third kappa shape index (κ3) is 7.12. The first kappa shape index (κ1) is 30.4. The number of hydrogen-bond donors (Lipinski definition) is 1. The minimum Gasteiger partial charge on any atom is -0.481 e. The first-order valence-corrected chi connectivity index (χ1v) is 14.9. The fourth-order valence-corrected chi connectivity index (χ4v) is 6.47. The molecule has 0 saturated heterocycles. The van der Waals surface area contributed by atoms with Crippen LogP contribution < -0.4 is 9.80 Å². The number of benzene rings is 2. The zero-order valence-electron chi connectivity index (χ0n) is 24.6. The average Bonchev–Trinajstić information content (AvgIpc) is 3.63. The van der Waals surface area contributed by atoms with E-state index in [0.717, 1.165) is 68.6 Å². The highest BCUT2D eigenvalue weighted by molar-refractivity contribution is 5.70. The van der Waals surface area contributed by atoms with Crippen molar-refractivity contribution in [3.05, 3.63) is 75.9 Å². The predicted molar refractivity (Wildman–Crippen MR) is 158 cm³/mol. The van der Waals surface area contributed by atoms with Gasteiger partial charge in [-0.05, 0) is 98.2 Å². The van der Waals surface area contributed by atoms with Crippen LogP contribution in [0.3, 0.4) is 0 Å². The van der Waals surface area contributed by atoms with Gasteiger partial charge in [-0.2, -0.15) is 13.2 Å². The number of aromatic nitrogens is 3. The van der Waals surface area contributed by atoms with Crippen molar-refractivity contribution < 1.29 is 23.1 Å². The molecule has 43 heavy (non-hydrogen) atoms. The van der Waals surface area contributed by atoms with Crippen LogP contribution in [0.4, 0.5) is 30.5 Å². The fraction of sp³-hybridized carbons (Fsp3) is 0.500. The number of anilines is 2. The molecule has 0 spiro atoms. The molecule has 5 rings (SSSR count). The number of alkyl halides is 3. The zero-order valence-corrected chi connectivity index (χ0v) is 24.6. The second-order valence-corrected chi connectivity index (χ2v) is 11.8. The van der Waals surface area contributed by atoms with E-state index in [9.17, 15) is 23.1 Å². The van der Waals surface area contributed by atoms with Crippen LogP contribution in [0.5, 0.6) is 0 Å². The molecule has 2 aliphatic rings. The number of fused-ring (bicyclic) bond motifs is 1. The first-order valence-electron chi connectivity index (χ1n) is 14.9. The maximum Gasteiger partial charge on any atom is 0.415 e. The predicted octanol–water partition coefficient (Wildman–Crippen LogP) is 6.80. The molecule has 1 N–H and O–H groups in total. The van der Waals surface area contributed by atoms with E-state index in [0.29, 0.717) is 36.8 Å². The number of aliphatic carboxylic acids is 1. The lowest BCUT2D eigenvalue weighted by atomic mass is 9.81. The summed E-state index contributed by atoms with van der Waals surface area (Å²) in [6.45, 7) is 11.5. The Morgan fingerprint density at radius 1 is 1.07 bits per heavy atom. The van der Waals surface area contributed by atoms with Gasteiger partial charge in [0.1, 0.15) is 6.33 Å². The quantitative estimate of drug-likeness (QED) is 0.260. The van der Waals surface area contributed by atoms with Crippen LogP contribution in [0.25, 0.3) is 4.85 Å². The van der Waals surface area contributed by atoms with Gasteiger partial charge in [0.15, 0.2) is 5.69 Å². The van der Waals surface area contributed by atoms with Gasteiger partial charge in [0, 0.05) is 44.5 Å². The number of hydrogen-bond acceptors (Lipinski definition) is 5. The van der Waals surface area contributed by atoms with Crippen LogP contribution in [-0.2, 0) is 43.9 Å². The molecule has 228 valence electrons. The first-order chi connectivity index (χ1) is 20.5. The second-order valence-electron chi connectivity index (χ2n) is 11.8.